The van der Waals surface area contributed by atoms with Crippen molar-refractivity contribution in [2.24, 2.45) is 5.92 Å². The number of hydrogen-bond acceptors (Lipinski definition) is 4. The molecule has 1 atom stereocenters. The third kappa shape index (κ3) is 5.01. The van der Waals surface area contributed by atoms with Gasteiger partial charge in [-0.25, -0.2) is 0 Å². The van der Waals surface area contributed by atoms with E-state index in [0.29, 0.717) is 18.7 Å². The summed E-state index contributed by atoms with van der Waals surface area (Å²) >= 11 is 0. The number of carbonyl (C=O) groups is 2. The molecule has 1 aliphatic heterocycles. The SMILES string of the molecule is Cc1cccc(C(=O)NC(C(=O)N2CCN(Cc3ccco3)CC2)C(C)C)c1. The third-order valence-corrected chi connectivity index (χ3v) is 5.14. The number of amides is 2. The van der Waals surface area contributed by atoms with Gasteiger partial charge in [0.15, 0.2) is 0 Å². The highest BCUT2D eigenvalue weighted by molar-refractivity contribution is 5.97. The molecule has 1 fully saturated rings. The molecule has 1 aromatic carbocycles. The van der Waals surface area contributed by atoms with E-state index in [4.69, 9.17) is 4.42 Å². The van der Waals surface area contributed by atoms with Gasteiger partial charge in [0.25, 0.3) is 5.91 Å². The maximum Gasteiger partial charge on any atom is 0.251 e. The van der Waals surface area contributed by atoms with E-state index in [1.807, 2.05) is 56.0 Å². The smallest absolute Gasteiger partial charge is 0.251 e. The summed E-state index contributed by atoms with van der Waals surface area (Å²) in [6.07, 6.45) is 1.68. The number of nitrogens with one attached hydrogen (secondary N) is 1. The van der Waals surface area contributed by atoms with Crippen LogP contribution in [0, 0.1) is 12.8 Å². The van der Waals surface area contributed by atoms with Gasteiger partial charge in [0.1, 0.15) is 11.8 Å². The maximum absolute atomic E-state index is 13.1. The lowest BCUT2D eigenvalue weighted by Crippen LogP contribution is -2.56. The number of piperazine rings is 1. The second-order valence-corrected chi connectivity index (χ2v) is 7.75. The third-order valence-electron chi connectivity index (χ3n) is 5.14. The Morgan fingerprint density at radius 1 is 1.11 bits per heavy atom. The van der Waals surface area contributed by atoms with Crippen LogP contribution in [-0.4, -0.2) is 53.8 Å². The predicted octanol–water partition coefficient (Wildman–Crippen LogP) is 2.69. The lowest BCUT2D eigenvalue weighted by molar-refractivity contribution is -0.136. The first-order chi connectivity index (χ1) is 13.4. The van der Waals surface area contributed by atoms with Crippen molar-refractivity contribution in [3.63, 3.8) is 0 Å². The average molecular weight is 383 g/mol. The summed E-state index contributed by atoms with van der Waals surface area (Å²) in [4.78, 5) is 29.8. The minimum Gasteiger partial charge on any atom is -0.468 e. The summed E-state index contributed by atoms with van der Waals surface area (Å²) in [5.41, 5.74) is 1.61. The molecule has 2 amide bonds. The molecule has 0 radical (unpaired) electrons. The molecule has 0 bridgehead atoms. The van der Waals surface area contributed by atoms with Crippen molar-refractivity contribution in [1.29, 1.82) is 0 Å². The second-order valence-electron chi connectivity index (χ2n) is 7.75. The normalized spacial score (nSPS) is 16.2. The first kappa shape index (κ1) is 20.1. The van der Waals surface area contributed by atoms with E-state index in [9.17, 15) is 9.59 Å². The van der Waals surface area contributed by atoms with Crippen molar-refractivity contribution in [2.75, 3.05) is 26.2 Å². The van der Waals surface area contributed by atoms with Crippen molar-refractivity contribution in [3.05, 3.63) is 59.5 Å². The molecule has 1 unspecified atom stereocenters. The molecule has 2 aromatic rings. The van der Waals surface area contributed by atoms with Crippen molar-refractivity contribution in [2.45, 2.75) is 33.4 Å². The summed E-state index contributed by atoms with van der Waals surface area (Å²) < 4.78 is 5.40. The maximum atomic E-state index is 13.1. The summed E-state index contributed by atoms with van der Waals surface area (Å²) in [5.74, 6) is 0.744. The molecule has 1 saturated heterocycles. The van der Waals surface area contributed by atoms with Gasteiger partial charge in [0.2, 0.25) is 5.91 Å². The molecule has 0 saturated carbocycles. The fourth-order valence-corrected chi connectivity index (χ4v) is 3.47. The van der Waals surface area contributed by atoms with Gasteiger partial charge in [-0.05, 0) is 37.1 Å². The monoisotopic (exact) mass is 383 g/mol. The van der Waals surface area contributed by atoms with Crippen molar-refractivity contribution in [3.8, 4) is 0 Å². The molecular weight excluding hydrogens is 354 g/mol. The molecule has 150 valence electrons. The lowest BCUT2D eigenvalue weighted by Gasteiger charge is -2.37. The Morgan fingerprint density at radius 2 is 1.86 bits per heavy atom. The molecule has 6 nitrogen and oxygen atoms in total. The molecule has 0 spiro atoms. The van der Waals surface area contributed by atoms with Gasteiger partial charge >= 0.3 is 0 Å². The summed E-state index contributed by atoms with van der Waals surface area (Å²) in [6.45, 7) is 9.54. The minimum absolute atomic E-state index is 0.00588. The molecule has 3 rings (SSSR count). The summed E-state index contributed by atoms with van der Waals surface area (Å²) in [7, 11) is 0. The fraction of sp³-hybridized carbons (Fsp3) is 0.455. The Hall–Kier alpha value is -2.60. The standard InChI is InChI=1S/C22H29N3O3/c1-16(2)20(23-21(26)18-7-4-6-17(3)14-18)22(27)25-11-9-24(10-12-25)15-19-8-5-13-28-19/h4-8,13-14,16,20H,9-12,15H2,1-3H3,(H,23,26). The summed E-state index contributed by atoms with van der Waals surface area (Å²) in [6, 6.07) is 10.7. The van der Waals surface area contributed by atoms with Crippen LogP contribution in [-0.2, 0) is 11.3 Å². The van der Waals surface area contributed by atoms with Gasteiger partial charge < -0.3 is 14.6 Å². The summed E-state index contributed by atoms with van der Waals surface area (Å²) in [5, 5.41) is 2.95. The van der Waals surface area contributed by atoms with Crippen LogP contribution < -0.4 is 5.32 Å². The highest BCUT2D eigenvalue weighted by Crippen LogP contribution is 2.13. The van der Waals surface area contributed by atoms with Gasteiger partial charge in [-0.1, -0.05) is 31.5 Å². The van der Waals surface area contributed by atoms with Gasteiger partial charge in [0, 0.05) is 31.7 Å². The Morgan fingerprint density at radius 3 is 2.46 bits per heavy atom. The van der Waals surface area contributed by atoms with E-state index in [-0.39, 0.29) is 17.7 Å². The molecule has 6 heteroatoms. The average Bonchev–Trinajstić information content (AvgIpc) is 3.19. The number of benzene rings is 1. The van der Waals surface area contributed by atoms with Crippen molar-refractivity contribution < 1.29 is 14.0 Å². The fourth-order valence-electron chi connectivity index (χ4n) is 3.47. The molecule has 1 N–H and O–H groups in total. The molecule has 2 heterocycles. The van der Waals surface area contributed by atoms with Crippen molar-refractivity contribution in [1.82, 2.24) is 15.1 Å². The Bertz CT molecular complexity index is 793. The van der Waals surface area contributed by atoms with Gasteiger partial charge in [-0.3, -0.25) is 14.5 Å². The Balaban J connectivity index is 1.58. The Kier molecular flexibility index (Phi) is 6.52. The second kappa shape index (κ2) is 9.06. The zero-order valence-corrected chi connectivity index (χ0v) is 16.9. The quantitative estimate of drug-likeness (QED) is 0.833. The van der Waals surface area contributed by atoms with E-state index < -0.39 is 6.04 Å². The van der Waals surface area contributed by atoms with E-state index in [0.717, 1.165) is 31.0 Å². The number of aryl methyl sites for hydroxylation is 1. The number of hydrogen-bond donors (Lipinski definition) is 1. The van der Waals surface area contributed by atoms with E-state index in [1.54, 1.807) is 12.3 Å². The molecular formula is C22H29N3O3. The molecule has 0 aliphatic carbocycles. The van der Waals surface area contributed by atoms with Gasteiger partial charge in [-0.15, -0.1) is 0 Å². The van der Waals surface area contributed by atoms with Crippen LogP contribution in [0.5, 0.6) is 0 Å². The van der Waals surface area contributed by atoms with Gasteiger partial charge in [0.05, 0.1) is 12.8 Å². The molecule has 28 heavy (non-hydrogen) atoms. The molecule has 1 aromatic heterocycles. The van der Waals surface area contributed by atoms with Crippen molar-refractivity contribution >= 4 is 11.8 Å². The van der Waals surface area contributed by atoms with Crippen LogP contribution >= 0.6 is 0 Å². The first-order valence-electron chi connectivity index (χ1n) is 9.85. The van der Waals surface area contributed by atoms with E-state index in [1.165, 1.54) is 0 Å². The van der Waals surface area contributed by atoms with Crippen LogP contribution in [0.15, 0.2) is 47.1 Å². The largest absolute Gasteiger partial charge is 0.468 e. The van der Waals surface area contributed by atoms with Crippen LogP contribution in [0.1, 0.15) is 35.5 Å². The highest BCUT2D eigenvalue weighted by Gasteiger charge is 2.31. The Labute approximate surface area is 166 Å². The molecule has 1 aliphatic rings. The topological polar surface area (TPSA) is 65.8 Å². The first-order valence-corrected chi connectivity index (χ1v) is 9.85. The van der Waals surface area contributed by atoms with Crippen LogP contribution in [0.25, 0.3) is 0 Å². The number of rotatable bonds is 6. The zero-order valence-electron chi connectivity index (χ0n) is 16.9. The number of nitrogens with zero attached hydrogens (tertiary/aromatic N) is 2. The predicted molar refractivity (Wildman–Crippen MR) is 108 cm³/mol. The van der Waals surface area contributed by atoms with E-state index in [2.05, 4.69) is 10.2 Å². The minimum atomic E-state index is -0.523. The number of furan rings is 1. The lowest BCUT2D eigenvalue weighted by atomic mass is 10.0. The van der Waals surface area contributed by atoms with Crippen LogP contribution in [0.2, 0.25) is 0 Å². The van der Waals surface area contributed by atoms with E-state index >= 15 is 0 Å². The van der Waals surface area contributed by atoms with Gasteiger partial charge in [-0.2, -0.15) is 0 Å². The van der Waals surface area contributed by atoms with Crippen LogP contribution in [0.3, 0.4) is 0 Å². The van der Waals surface area contributed by atoms with Crippen LogP contribution in [0.4, 0.5) is 0 Å². The number of carbonyl (C=O) groups excluding carboxylic acids is 2. The highest BCUT2D eigenvalue weighted by atomic mass is 16.3. The zero-order chi connectivity index (χ0) is 20.1.